The Balaban J connectivity index is 2.49. The normalized spacial score (nSPS) is 10.1. The van der Waals surface area contributed by atoms with Gasteiger partial charge in [-0.2, -0.15) is 0 Å². The van der Waals surface area contributed by atoms with Crippen LogP contribution in [0.4, 0.5) is 10.1 Å². The van der Waals surface area contributed by atoms with Crippen molar-refractivity contribution in [3.05, 3.63) is 62.4 Å². The molecule has 0 aliphatic heterocycles. The highest BCUT2D eigenvalue weighted by Gasteiger charge is 2.18. The smallest absolute Gasteiger partial charge is 0.311 e. The van der Waals surface area contributed by atoms with Crippen LogP contribution in [-0.4, -0.2) is 11.2 Å². The third kappa shape index (κ3) is 3.00. The Hall–Kier alpha value is -2.28. The maximum absolute atomic E-state index is 13.2. The van der Waals surface area contributed by atoms with Crippen molar-refractivity contribution >= 4 is 27.9 Å². The highest BCUT2D eigenvalue weighted by Crippen LogP contribution is 2.34. The molecule has 0 aliphatic rings. The molecule has 2 rings (SSSR count). The van der Waals surface area contributed by atoms with E-state index in [9.17, 15) is 19.3 Å². The monoisotopic (exact) mass is 339 g/mol. The van der Waals surface area contributed by atoms with Crippen molar-refractivity contribution in [2.75, 3.05) is 0 Å². The fraction of sp³-hybridized carbons (Fsp3) is 0. The van der Waals surface area contributed by atoms with E-state index in [1.54, 1.807) is 6.07 Å². The summed E-state index contributed by atoms with van der Waals surface area (Å²) in [6, 6.07) is 7.44. The summed E-state index contributed by atoms with van der Waals surface area (Å²) in [6.45, 7) is 0. The number of halogens is 2. The lowest BCUT2D eigenvalue weighted by Crippen LogP contribution is -1.96. The minimum Gasteiger partial charge on any atom is -0.449 e. The van der Waals surface area contributed by atoms with Gasteiger partial charge in [-0.1, -0.05) is 15.9 Å². The quantitative estimate of drug-likeness (QED) is 0.477. The number of carbonyl (C=O) groups excluding carboxylic acids is 1. The van der Waals surface area contributed by atoms with Crippen LogP contribution >= 0.6 is 15.9 Å². The molecule has 0 atom stereocenters. The topological polar surface area (TPSA) is 69.4 Å². The van der Waals surface area contributed by atoms with E-state index in [2.05, 4.69) is 15.9 Å². The first-order valence-electron chi connectivity index (χ1n) is 5.38. The Morgan fingerprint density at radius 1 is 1.20 bits per heavy atom. The standard InChI is InChI=1S/C13H7BrFNO4/c14-9-2-1-8(7-17)12(5-9)20-13-6-10(15)3-4-11(13)16(18)19/h1-7H. The molecule has 0 spiro atoms. The van der Waals surface area contributed by atoms with E-state index in [0.717, 1.165) is 18.2 Å². The summed E-state index contributed by atoms with van der Waals surface area (Å²) in [5, 5.41) is 10.9. The lowest BCUT2D eigenvalue weighted by atomic mass is 10.2. The second-order valence-corrected chi connectivity index (χ2v) is 4.69. The van der Waals surface area contributed by atoms with Crippen molar-refractivity contribution in [1.29, 1.82) is 0 Å². The van der Waals surface area contributed by atoms with Crippen LogP contribution in [0.2, 0.25) is 0 Å². The van der Waals surface area contributed by atoms with E-state index < -0.39 is 10.7 Å². The van der Waals surface area contributed by atoms with Gasteiger partial charge in [0.2, 0.25) is 5.75 Å². The molecule has 20 heavy (non-hydrogen) atoms. The van der Waals surface area contributed by atoms with Gasteiger partial charge in [0.05, 0.1) is 10.5 Å². The average molecular weight is 340 g/mol. The molecule has 0 heterocycles. The van der Waals surface area contributed by atoms with Crippen LogP contribution in [0.1, 0.15) is 10.4 Å². The van der Waals surface area contributed by atoms with E-state index in [1.165, 1.54) is 12.1 Å². The zero-order valence-electron chi connectivity index (χ0n) is 9.88. The number of aldehydes is 1. The number of hydrogen-bond acceptors (Lipinski definition) is 4. The molecule has 0 aromatic heterocycles. The van der Waals surface area contributed by atoms with Crippen LogP contribution in [-0.2, 0) is 0 Å². The third-order valence-corrected chi connectivity index (χ3v) is 2.93. The summed E-state index contributed by atoms with van der Waals surface area (Å²) < 4.78 is 19.1. The van der Waals surface area contributed by atoms with Crippen LogP contribution in [0.3, 0.4) is 0 Å². The lowest BCUT2D eigenvalue weighted by Gasteiger charge is -2.08. The van der Waals surface area contributed by atoms with E-state index in [0.29, 0.717) is 10.8 Å². The highest BCUT2D eigenvalue weighted by atomic mass is 79.9. The van der Waals surface area contributed by atoms with E-state index in [1.807, 2.05) is 0 Å². The number of carbonyl (C=O) groups is 1. The number of nitro groups is 1. The Labute approximate surface area is 121 Å². The molecule has 2 aromatic rings. The molecule has 0 unspecified atom stereocenters. The maximum atomic E-state index is 13.2. The molecule has 5 nitrogen and oxygen atoms in total. The van der Waals surface area contributed by atoms with Gasteiger partial charge in [0.25, 0.3) is 0 Å². The van der Waals surface area contributed by atoms with Gasteiger partial charge in [-0.05, 0) is 24.3 Å². The zero-order chi connectivity index (χ0) is 14.7. The number of benzene rings is 2. The van der Waals surface area contributed by atoms with E-state index in [4.69, 9.17) is 4.74 Å². The molecular weight excluding hydrogens is 333 g/mol. The average Bonchev–Trinajstić information content (AvgIpc) is 2.38. The van der Waals surface area contributed by atoms with Crippen molar-refractivity contribution in [1.82, 2.24) is 0 Å². The third-order valence-electron chi connectivity index (χ3n) is 2.44. The number of ether oxygens (including phenoxy) is 1. The Bertz CT molecular complexity index is 690. The van der Waals surface area contributed by atoms with Crippen LogP contribution in [0.15, 0.2) is 40.9 Å². The molecule has 102 valence electrons. The first-order chi connectivity index (χ1) is 9.51. The molecule has 7 heteroatoms. The minimum atomic E-state index is -0.687. The second-order valence-electron chi connectivity index (χ2n) is 3.77. The van der Waals surface area contributed by atoms with Gasteiger partial charge in [0.1, 0.15) is 11.6 Å². The van der Waals surface area contributed by atoms with Gasteiger partial charge >= 0.3 is 5.69 Å². The van der Waals surface area contributed by atoms with Gasteiger partial charge < -0.3 is 4.74 Å². The first-order valence-corrected chi connectivity index (χ1v) is 6.17. The number of nitrogens with zero attached hydrogens (tertiary/aromatic N) is 1. The zero-order valence-corrected chi connectivity index (χ0v) is 11.5. The summed E-state index contributed by atoms with van der Waals surface area (Å²) in [5.41, 5.74) is -0.185. The summed E-state index contributed by atoms with van der Waals surface area (Å²) in [4.78, 5) is 21.1. The Morgan fingerprint density at radius 3 is 2.60 bits per heavy atom. The first kappa shape index (κ1) is 14.1. The molecular formula is C13H7BrFNO4. The summed E-state index contributed by atoms with van der Waals surface area (Å²) in [6.07, 6.45) is 0.549. The SMILES string of the molecule is O=Cc1ccc(Br)cc1Oc1cc(F)ccc1[N+](=O)[O-]. The molecule has 0 amide bonds. The molecule has 0 aliphatic carbocycles. The minimum absolute atomic E-state index is 0.100. The molecule has 2 aromatic carbocycles. The van der Waals surface area contributed by atoms with Crippen LogP contribution in [0.25, 0.3) is 0 Å². The van der Waals surface area contributed by atoms with Gasteiger partial charge in [0, 0.05) is 16.6 Å². The van der Waals surface area contributed by atoms with Crippen molar-refractivity contribution in [2.24, 2.45) is 0 Å². The van der Waals surface area contributed by atoms with Crippen LogP contribution < -0.4 is 4.74 Å². The number of nitro benzene ring substituents is 1. The van der Waals surface area contributed by atoms with Crippen molar-refractivity contribution in [3.8, 4) is 11.5 Å². The summed E-state index contributed by atoms with van der Waals surface area (Å²) >= 11 is 3.20. The fourth-order valence-corrected chi connectivity index (χ4v) is 1.87. The highest BCUT2D eigenvalue weighted by molar-refractivity contribution is 9.10. The van der Waals surface area contributed by atoms with Crippen molar-refractivity contribution in [3.63, 3.8) is 0 Å². The van der Waals surface area contributed by atoms with Crippen molar-refractivity contribution < 1.29 is 18.8 Å². The summed E-state index contributed by atoms with van der Waals surface area (Å²) in [7, 11) is 0. The molecule has 0 bridgehead atoms. The molecule has 0 N–H and O–H groups in total. The molecule has 0 fully saturated rings. The largest absolute Gasteiger partial charge is 0.449 e. The van der Waals surface area contributed by atoms with E-state index >= 15 is 0 Å². The molecule has 0 saturated heterocycles. The van der Waals surface area contributed by atoms with Gasteiger partial charge in [-0.3, -0.25) is 14.9 Å². The van der Waals surface area contributed by atoms with E-state index in [-0.39, 0.29) is 22.7 Å². The Morgan fingerprint density at radius 2 is 1.95 bits per heavy atom. The summed E-state index contributed by atoms with van der Waals surface area (Å²) in [5.74, 6) is -0.840. The number of rotatable bonds is 4. The lowest BCUT2D eigenvalue weighted by molar-refractivity contribution is -0.385. The van der Waals surface area contributed by atoms with Crippen molar-refractivity contribution in [2.45, 2.75) is 0 Å². The van der Waals surface area contributed by atoms with Crippen LogP contribution in [0.5, 0.6) is 11.5 Å². The van der Waals surface area contributed by atoms with Gasteiger partial charge in [-0.25, -0.2) is 4.39 Å². The van der Waals surface area contributed by atoms with Gasteiger partial charge in [-0.15, -0.1) is 0 Å². The Kier molecular flexibility index (Phi) is 4.09. The number of hydrogen-bond donors (Lipinski definition) is 0. The second kappa shape index (κ2) is 5.79. The fourth-order valence-electron chi connectivity index (χ4n) is 1.53. The maximum Gasteiger partial charge on any atom is 0.311 e. The molecule has 0 radical (unpaired) electrons. The van der Waals surface area contributed by atoms with Crippen LogP contribution in [0, 0.1) is 15.9 Å². The van der Waals surface area contributed by atoms with Gasteiger partial charge in [0.15, 0.2) is 6.29 Å². The molecule has 0 saturated carbocycles. The predicted molar refractivity (Wildman–Crippen MR) is 72.7 cm³/mol. The predicted octanol–water partition coefficient (Wildman–Crippen LogP) is 4.10.